The van der Waals surface area contributed by atoms with Crippen LogP contribution < -0.4 is 10.0 Å². The number of nitro groups is 1. The number of rotatable bonds is 6. The molecule has 2 N–H and O–H groups in total. The van der Waals surface area contributed by atoms with Crippen molar-refractivity contribution in [3.63, 3.8) is 0 Å². The number of nitrogens with zero attached hydrogens (tertiary/aromatic N) is 1. The van der Waals surface area contributed by atoms with Crippen molar-refractivity contribution in [2.75, 3.05) is 13.1 Å². The number of hydrogen-bond acceptors (Lipinski definition) is 5. The van der Waals surface area contributed by atoms with Gasteiger partial charge < -0.3 is 5.32 Å². The van der Waals surface area contributed by atoms with Gasteiger partial charge in [-0.05, 0) is 37.9 Å². The summed E-state index contributed by atoms with van der Waals surface area (Å²) in [6.07, 6.45) is 2.72. The van der Waals surface area contributed by atoms with Crippen molar-refractivity contribution >= 4 is 15.7 Å². The van der Waals surface area contributed by atoms with Crippen LogP contribution in [-0.2, 0) is 10.0 Å². The van der Waals surface area contributed by atoms with Gasteiger partial charge in [0.05, 0.1) is 9.82 Å². The van der Waals surface area contributed by atoms with E-state index in [4.69, 9.17) is 0 Å². The first kappa shape index (κ1) is 15.8. The lowest BCUT2D eigenvalue weighted by Crippen LogP contribution is -2.30. The maximum atomic E-state index is 13.2. The molecule has 21 heavy (non-hydrogen) atoms. The zero-order chi connectivity index (χ0) is 15.5. The highest BCUT2D eigenvalue weighted by Crippen LogP contribution is 2.21. The van der Waals surface area contributed by atoms with Crippen molar-refractivity contribution in [1.29, 1.82) is 0 Å². The Balaban J connectivity index is 2.04. The van der Waals surface area contributed by atoms with Crippen LogP contribution in [0.5, 0.6) is 0 Å². The maximum absolute atomic E-state index is 13.2. The van der Waals surface area contributed by atoms with Gasteiger partial charge >= 0.3 is 5.69 Å². The van der Waals surface area contributed by atoms with Crippen molar-refractivity contribution in [3.05, 3.63) is 34.1 Å². The SMILES string of the molecule is O=[N+]([O-])c1cc(S(=O)(=O)NCCC2CCCN2)ccc1F. The Labute approximate surface area is 121 Å². The van der Waals surface area contributed by atoms with Gasteiger partial charge in [0.2, 0.25) is 15.8 Å². The number of sulfonamides is 1. The molecule has 0 bridgehead atoms. The van der Waals surface area contributed by atoms with Crippen LogP contribution in [0.25, 0.3) is 0 Å². The third-order valence-electron chi connectivity index (χ3n) is 3.37. The van der Waals surface area contributed by atoms with E-state index in [9.17, 15) is 22.9 Å². The van der Waals surface area contributed by atoms with Crippen LogP contribution in [0.2, 0.25) is 0 Å². The van der Waals surface area contributed by atoms with Gasteiger partial charge in [0.15, 0.2) is 0 Å². The van der Waals surface area contributed by atoms with Crippen molar-refractivity contribution < 1.29 is 17.7 Å². The topological polar surface area (TPSA) is 101 Å². The van der Waals surface area contributed by atoms with Crippen LogP contribution in [0.15, 0.2) is 23.1 Å². The lowest BCUT2D eigenvalue weighted by atomic mass is 10.2. The van der Waals surface area contributed by atoms with E-state index in [0.717, 1.165) is 37.6 Å². The van der Waals surface area contributed by atoms with Gasteiger partial charge in [-0.3, -0.25) is 10.1 Å². The Hall–Kier alpha value is -1.58. The average molecular weight is 317 g/mol. The van der Waals surface area contributed by atoms with Gasteiger partial charge in [0, 0.05) is 18.7 Å². The summed E-state index contributed by atoms with van der Waals surface area (Å²) >= 11 is 0. The van der Waals surface area contributed by atoms with Crippen molar-refractivity contribution in [2.24, 2.45) is 0 Å². The Morgan fingerprint density at radius 1 is 1.48 bits per heavy atom. The minimum atomic E-state index is -3.87. The summed E-state index contributed by atoms with van der Waals surface area (Å²) < 4.78 is 39.6. The molecule has 1 unspecified atom stereocenters. The predicted octanol–water partition coefficient (Wildman–Crippen LogP) is 1.15. The van der Waals surface area contributed by atoms with Gasteiger partial charge in [-0.2, -0.15) is 4.39 Å². The van der Waals surface area contributed by atoms with Crippen molar-refractivity contribution in [3.8, 4) is 0 Å². The summed E-state index contributed by atoms with van der Waals surface area (Å²) in [5.74, 6) is -1.06. The molecule has 0 saturated carbocycles. The third-order valence-corrected chi connectivity index (χ3v) is 4.83. The highest BCUT2D eigenvalue weighted by molar-refractivity contribution is 7.89. The van der Waals surface area contributed by atoms with E-state index in [1.54, 1.807) is 0 Å². The average Bonchev–Trinajstić information content (AvgIpc) is 2.91. The number of nitrogens with one attached hydrogen (secondary N) is 2. The highest BCUT2D eigenvalue weighted by atomic mass is 32.2. The second kappa shape index (κ2) is 6.46. The fraction of sp³-hybridized carbons (Fsp3) is 0.500. The molecule has 116 valence electrons. The van der Waals surface area contributed by atoms with Gasteiger partial charge in [-0.15, -0.1) is 0 Å². The summed E-state index contributed by atoms with van der Waals surface area (Å²) in [6, 6.07) is 2.81. The first-order valence-electron chi connectivity index (χ1n) is 6.57. The molecule has 1 aliphatic rings. The molecule has 2 rings (SSSR count). The van der Waals surface area contributed by atoms with E-state index in [0.29, 0.717) is 6.42 Å². The van der Waals surface area contributed by atoms with Crippen LogP contribution in [0.4, 0.5) is 10.1 Å². The first-order chi connectivity index (χ1) is 9.90. The highest BCUT2D eigenvalue weighted by Gasteiger charge is 2.22. The van der Waals surface area contributed by atoms with Gasteiger partial charge in [-0.25, -0.2) is 13.1 Å². The van der Waals surface area contributed by atoms with E-state index >= 15 is 0 Å². The van der Waals surface area contributed by atoms with Crippen LogP contribution in [0.1, 0.15) is 19.3 Å². The van der Waals surface area contributed by atoms with Gasteiger partial charge in [0.25, 0.3) is 0 Å². The normalized spacial score (nSPS) is 18.8. The lowest BCUT2D eigenvalue weighted by molar-refractivity contribution is -0.387. The summed E-state index contributed by atoms with van der Waals surface area (Å²) in [6.45, 7) is 1.16. The molecule has 1 heterocycles. The second-order valence-corrected chi connectivity index (χ2v) is 6.62. The number of benzene rings is 1. The zero-order valence-electron chi connectivity index (χ0n) is 11.2. The molecule has 1 aliphatic heterocycles. The Bertz CT molecular complexity index is 629. The zero-order valence-corrected chi connectivity index (χ0v) is 12.0. The summed E-state index contributed by atoms with van der Waals surface area (Å²) in [4.78, 5) is 9.37. The molecule has 0 aromatic heterocycles. The van der Waals surface area contributed by atoms with Crippen LogP contribution in [-0.4, -0.2) is 32.5 Å². The summed E-state index contributed by atoms with van der Waals surface area (Å²) in [5.41, 5.74) is -0.852. The van der Waals surface area contributed by atoms with Gasteiger partial charge in [0.1, 0.15) is 0 Å². The molecule has 1 atom stereocenters. The summed E-state index contributed by atoms with van der Waals surface area (Å²) in [7, 11) is -3.87. The van der Waals surface area contributed by atoms with E-state index in [-0.39, 0.29) is 17.5 Å². The fourth-order valence-electron chi connectivity index (χ4n) is 2.25. The molecule has 0 spiro atoms. The fourth-order valence-corrected chi connectivity index (χ4v) is 3.32. The van der Waals surface area contributed by atoms with E-state index in [2.05, 4.69) is 10.0 Å². The summed E-state index contributed by atoms with van der Waals surface area (Å²) in [5, 5.41) is 13.9. The van der Waals surface area contributed by atoms with E-state index < -0.39 is 26.5 Å². The predicted molar refractivity (Wildman–Crippen MR) is 73.9 cm³/mol. The maximum Gasteiger partial charge on any atom is 0.306 e. The molecule has 0 radical (unpaired) electrons. The monoisotopic (exact) mass is 317 g/mol. The number of halogens is 1. The largest absolute Gasteiger partial charge is 0.314 e. The second-order valence-electron chi connectivity index (χ2n) is 4.85. The molecular weight excluding hydrogens is 301 g/mol. The van der Waals surface area contributed by atoms with E-state index in [1.807, 2.05) is 0 Å². The molecule has 7 nitrogen and oxygen atoms in total. The lowest BCUT2D eigenvalue weighted by Gasteiger charge is -2.11. The number of nitro benzene ring substituents is 1. The van der Waals surface area contributed by atoms with Crippen molar-refractivity contribution in [2.45, 2.75) is 30.2 Å². The Morgan fingerprint density at radius 3 is 2.86 bits per heavy atom. The van der Waals surface area contributed by atoms with Crippen LogP contribution in [0, 0.1) is 15.9 Å². The first-order valence-corrected chi connectivity index (χ1v) is 8.05. The minimum Gasteiger partial charge on any atom is -0.314 e. The van der Waals surface area contributed by atoms with Gasteiger partial charge in [-0.1, -0.05) is 0 Å². The molecule has 9 heteroatoms. The molecule has 1 aromatic carbocycles. The molecule has 1 aromatic rings. The Morgan fingerprint density at radius 2 is 2.24 bits per heavy atom. The molecule has 0 aliphatic carbocycles. The molecular formula is C12H16FN3O4S. The molecule has 1 saturated heterocycles. The molecule has 1 fully saturated rings. The number of hydrogen-bond donors (Lipinski definition) is 2. The standard InChI is InChI=1S/C12H16FN3O4S/c13-11-4-3-10(8-12(11)16(17)18)21(19,20)15-7-5-9-2-1-6-14-9/h3-4,8-9,14-15H,1-2,5-7H2. The van der Waals surface area contributed by atoms with Crippen molar-refractivity contribution in [1.82, 2.24) is 10.0 Å². The Kier molecular flexibility index (Phi) is 4.86. The quantitative estimate of drug-likeness (QED) is 0.605. The van der Waals surface area contributed by atoms with Crippen LogP contribution >= 0.6 is 0 Å². The van der Waals surface area contributed by atoms with Crippen LogP contribution in [0.3, 0.4) is 0 Å². The molecule has 0 amide bonds. The van der Waals surface area contributed by atoms with E-state index in [1.165, 1.54) is 0 Å². The minimum absolute atomic E-state index is 0.227. The smallest absolute Gasteiger partial charge is 0.306 e. The third kappa shape index (κ3) is 3.96.